The lowest BCUT2D eigenvalue weighted by Crippen LogP contribution is -2.36. The highest BCUT2D eigenvalue weighted by molar-refractivity contribution is 5.93. The van der Waals surface area contributed by atoms with Crippen LogP contribution in [0, 0.1) is 13.8 Å². The molecule has 7 heteroatoms. The second-order valence-corrected chi connectivity index (χ2v) is 5.93. The quantitative estimate of drug-likeness (QED) is 0.924. The van der Waals surface area contributed by atoms with Crippen molar-refractivity contribution >= 4 is 11.6 Å². The van der Waals surface area contributed by atoms with Crippen molar-refractivity contribution in [3.05, 3.63) is 41.0 Å². The van der Waals surface area contributed by atoms with Gasteiger partial charge in [-0.15, -0.1) is 0 Å². The Labute approximate surface area is 141 Å². The number of rotatable bonds is 4. The molecule has 2 aromatic heterocycles. The molecule has 1 saturated heterocycles. The minimum Gasteiger partial charge on any atom is -0.378 e. The first-order valence-electron chi connectivity index (χ1n) is 8.08. The predicted molar refractivity (Wildman–Crippen MR) is 89.1 cm³/mol. The first kappa shape index (κ1) is 16.4. The maximum Gasteiger partial charge on any atom is 0.270 e. The third-order valence-electron chi connectivity index (χ3n) is 4.22. The SMILES string of the molecule is Cc1noc(C)c1C(C)NC(=O)c1cc(N2CCOCC2)ccn1. The molecular weight excluding hydrogens is 308 g/mol. The first-order chi connectivity index (χ1) is 11.6. The van der Waals surface area contributed by atoms with Crippen molar-refractivity contribution in [3.63, 3.8) is 0 Å². The fraction of sp³-hybridized carbons (Fsp3) is 0.471. The van der Waals surface area contributed by atoms with Crippen LogP contribution in [0.4, 0.5) is 5.69 Å². The van der Waals surface area contributed by atoms with E-state index >= 15 is 0 Å². The maximum absolute atomic E-state index is 12.5. The van der Waals surface area contributed by atoms with Crippen molar-refractivity contribution in [2.24, 2.45) is 0 Å². The number of hydrogen-bond donors (Lipinski definition) is 1. The minimum absolute atomic E-state index is 0.197. The number of aromatic nitrogens is 2. The summed E-state index contributed by atoms with van der Waals surface area (Å²) in [4.78, 5) is 18.9. The Morgan fingerprint density at radius 3 is 2.75 bits per heavy atom. The van der Waals surface area contributed by atoms with Crippen LogP contribution in [0.1, 0.15) is 40.5 Å². The average Bonchev–Trinajstić information content (AvgIpc) is 2.94. The molecule has 0 spiro atoms. The van der Waals surface area contributed by atoms with E-state index in [0.717, 1.165) is 35.8 Å². The van der Waals surface area contributed by atoms with Gasteiger partial charge >= 0.3 is 0 Å². The summed E-state index contributed by atoms with van der Waals surface area (Å²) in [5, 5.41) is 6.90. The standard InChI is InChI=1S/C17H22N4O3/c1-11(16-12(2)20-24-13(16)3)19-17(22)15-10-14(4-5-18-15)21-6-8-23-9-7-21/h4-5,10-11H,6-9H2,1-3H3,(H,19,22). The zero-order valence-corrected chi connectivity index (χ0v) is 14.2. The Bertz CT molecular complexity index is 703. The van der Waals surface area contributed by atoms with Crippen LogP contribution in [0.5, 0.6) is 0 Å². The molecule has 3 heterocycles. The highest BCUT2D eigenvalue weighted by Crippen LogP contribution is 2.22. The molecule has 7 nitrogen and oxygen atoms in total. The number of morpholine rings is 1. The Morgan fingerprint density at radius 2 is 2.08 bits per heavy atom. The van der Waals surface area contributed by atoms with Crippen LogP contribution in [0.3, 0.4) is 0 Å². The largest absolute Gasteiger partial charge is 0.378 e. The fourth-order valence-electron chi connectivity index (χ4n) is 3.01. The third-order valence-corrected chi connectivity index (χ3v) is 4.22. The van der Waals surface area contributed by atoms with Crippen LogP contribution < -0.4 is 10.2 Å². The summed E-state index contributed by atoms with van der Waals surface area (Å²) >= 11 is 0. The molecule has 1 atom stereocenters. The Hall–Kier alpha value is -2.41. The molecule has 0 saturated carbocycles. The molecule has 1 aliphatic rings. The Morgan fingerprint density at radius 1 is 1.33 bits per heavy atom. The number of anilines is 1. The highest BCUT2D eigenvalue weighted by Gasteiger charge is 2.20. The molecule has 128 valence electrons. The Balaban J connectivity index is 1.73. The van der Waals surface area contributed by atoms with Gasteiger partial charge in [0.2, 0.25) is 0 Å². The summed E-state index contributed by atoms with van der Waals surface area (Å²) in [6.45, 7) is 8.66. The molecule has 0 radical (unpaired) electrons. The summed E-state index contributed by atoms with van der Waals surface area (Å²) in [6, 6.07) is 3.54. The van der Waals surface area contributed by atoms with Crippen LogP contribution in [0.2, 0.25) is 0 Å². The molecule has 1 N–H and O–H groups in total. The number of nitrogens with one attached hydrogen (secondary N) is 1. The van der Waals surface area contributed by atoms with Gasteiger partial charge in [-0.2, -0.15) is 0 Å². The summed E-state index contributed by atoms with van der Waals surface area (Å²) in [5.41, 5.74) is 3.09. The van der Waals surface area contributed by atoms with Crippen LogP contribution in [0.15, 0.2) is 22.9 Å². The first-order valence-corrected chi connectivity index (χ1v) is 8.08. The zero-order valence-electron chi connectivity index (χ0n) is 14.2. The van der Waals surface area contributed by atoms with Gasteiger partial charge in [-0.1, -0.05) is 5.16 Å². The summed E-state index contributed by atoms with van der Waals surface area (Å²) in [5.74, 6) is 0.507. The molecule has 1 unspecified atom stereocenters. The molecule has 24 heavy (non-hydrogen) atoms. The van der Waals surface area contributed by atoms with Crippen LogP contribution >= 0.6 is 0 Å². The molecule has 0 bridgehead atoms. The van der Waals surface area contributed by atoms with E-state index in [9.17, 15) is 4.79 Å². The zero-order chi connectivity index (χ0) is 17.1. The monoisotopic (exact) mass is 330 g/mol. The number of aryl methyl sites for hydroxylation is 2. The lowest BCUT2D eigenvalue weighted by atomic mass is 10.1. The van der Waals surface area contributed by atoms with Crippen molar-refractivity contribution in [2.75, 3.05) is 31.2 Å². The smallest absolute Gasteiger partial charge is 0.270 e. The van der Waals surface area contributed by atoms with Crippen molar-refractivity contribution in [3.8, 4) is 0 Å². The number of nitrogens with zero attached hydrogens (tertiary/aromatic N) is 3. The molecule has 3 rings (SSSR count). The van der Waals surface area contributed by atoms with Crippen LogP contribution in [-0.2, 0) is 4.74 Å². The van der Waals surface area contributed by atoms with E-state index in [0.29, 0.717) is 18.9 Å². The summed E-state index contributed by atoms with van der Waals surface area (Å²) in [7, 11) is 0. The van der Waals surface area contributed by atoms with Gasteiger partial charge in [-0.25, -0.2) is 0 Å². The van der Waals surface area contributed by atoms with Gasteiger partial charge in [0.15, 0.2) is 0 Å². The topological polar surface area (TPSA) is 80.5 Å². The molecule has 0 aliphatic carbocycles. The van der Waals surface area contributed by atoms with Gasteiger partial charge in [0.1, 0.15) is 11.5 Å². The van der Waals surface area contributed by atoms with Crippen molar-refractivity contribution in [2.45, 2.75) is 26.8 Å². The molecule has 1 fully saturated rings. The van der Waals surface area contributed by atoms with E-state index in [-0.39, 0.29) is 11.9 Å². The number of pyridine rings is 1. The molecular formula is C17H22N4O3. The molecule has 0 aromatic carbocycles. The fourth-order valence-corrected chi connectivity index (χ4v) is 3.01. The van der Waals surface area contributed by atoms with E-state index < -0.39 is 0 Å². The summed E-state index contributed by atoms with van der Waals surface area (Å²) < 4.78 is 10.5. The van der Waals surface area contributed by atoms with E-state index in [1.807, 2.05) is 32.9 Å². The second-order valence-electron chi connectivity index (χ2n) is 5.93. The maximum atomic E-state index is 12.5. The Kier molecular flexibility index (Phi) is 4.80. The van der Waals surface area contributed by atoms with Gasteiger partial charge in [0.05, 0.1) is 24.9 Å². The number of ether oxygens (including phenoxy) is 1. The lowest BCUT2D eigenvalue weighted by molar-refractivity contribution is 0.0934. The van der Waals surface area contributed by atoms with E-state index in [1.54, 1.807) is 6.20 Å². The van der Waals surface area contributed by atoms with E-state index in [2.05, 4.69) is 20.4 Å². The van der Waals surface area contributed by atoms with Crippen LogP contribution in [-0.4, -0.2) is 42.4 Å². The number of hydrogen-bond acceptors (Lipinski definition) is 6. The van der Waals surface area contributed by atoms with Gasteiger partial charge < -0.3 is 19.5 Å². The molecule has 2 aromatic rings. The highest BCUT2D eigenvalue weighted by atomic mass is 16.5. The lowest BCUT2D eigenvalue weighted by Gasteiger charge is -2.28. The predicted octanol–water partition coefficient (Wildman–Crippen LogP) is 2.01. The average molecular weight is 330 g/mol. The van der Waals surface area contributed by atoms with Gasteiger partial charge in [0, 0.05) is 30.5 Å². The van der Waals surface area contributed by atoms with Crippen LogP contribution in [0.25, 0.3) is 0 Å². The number of amides is 1. The van der Waals surface area contributed by atoms with Crippen molar-refractivity contribution in [1.82, 2.24) is 15.5 Å². The normalized spacial score (nSPS) is 16.0. The summed E-state index contributed by atoms with van der Waals surface area (Å²) in [6.07, 6.45) is 1.67. The number of carbonyl (C=O) groups is 1. The van der Waals surface area contributed by atoms with E-state index in [4.69, 9.17) is 9.26 Å². The minimum atomic E-state index is -0.211. The molecule has 1 amide bonds. The number of carbonyl (C=O) groups excluding carboxylic acids is 1. The third kappa shape index (κ3) is 3.41. The molecule has 1 aliphatic heterocycles. The van der Waals surface area contributed by atoms with Crippen molar-refractivity contribution < 1.29 is 14.1 Å². The van der Waals surface area contributed by atoms with Gasteiger partial charge in [-0.05, 0) is 32.9 Å². The van der Waals surface area contributed by atoms with E-state index in [1.165, 1.54) is 0 Å². The van der Waals surface area contributed by atoms with Gasteiger partial charge in [-0.3, -0.25) is 9.78 Å². The second kappa shape index (κ2) is 7.00. The van der Waals surface area contributed by atoms with Crippen molar-refractivity contribution in [1.29, 1.82) is 0 Å². The van der Waals surface area contributed by atoms with Gasteiger partial charge in [0.25, 0.3) is 5.91 Å².